The van der Waals surface area contributed by atoms with Gasteiger partial charge in [0.25, 0.3) is 5.56 Å². The van der Waals surface area contributed by atoms with Crippen LogP contribution in [0.15, 0.2) is 16.0 Å². The van der Waals surface area contributed by atoms with E-state index in [0.717, 1.165) is 44.0 Å². The van der Waals surface area contributed by atoms with Gasteiger partial charge in [0.2, 0.25) is 5.91 Å². The standard InChI is InChI=1S/C18H27N3O2S/c1-2-5-15-10-16(22)20-18(19-15)24-12-17(23)21-9-8-13-6-3-4-7-14(13)11-21/h10,13-14H,2-9,11-12H2,1H3,(H,19,20,22)/t13-,14+/m0/s1. The third-order valence-corrected chi connectivity index (χ3v) is 6.11. The first-order valence-corrected chi connectivity index (χ1v) is 10.1. The maximum absolute atomic E-state index is 12.5. The number of thioether (sulfide) groups is 1. The van der Waals surface area contributed by atoms with Gasteiger partial charge in [0, 0.05) is 24.8 Å². The van der Waals surface area contributed by atoms with E-state index in [2.05, 4.69) is 16.9 Å². The zero-order valence-electron chi connectivity index (χ0n) is 14.4. The van der Waals surface area contributed by atoms with Gasteiger partial charge in [0.1, 0.15) is 0 Å². The molecule has 0 bridgehead atoms. The number of aryl methyl sites for hydroxylation is 1. The fourth-order valence-electron chi connectivity index (χ4n) is 3.98. The molecular weight excluding hydrogens is 322 g/mol. The molecule has 1 aromatic rings. The van der Waals surface area contributed by atoms with Crippen molar-refractivity contribution >= 4 is 17.7 Å². The largest absolute Gasteiger partial charge is 0.342 e. The summed E-state index contributed by atoms with van der Waals surface area (Å²) in [5.41, 5.74) is 0.672. The van der Waals surface area contributed by atoms with Crippen molar-refractivity contribution in [2.24, 2.45) is 11.8 Å². The lowest BCUT2D eigenvalue weighted by molar-refractivity contribution is -0.131. The van der Waals surface area contributed by atoms with Crippen LogP contribution in [0.4, 0.5) is 0 Å². The SMILES string of the molecule is CCCc1cc(=O)[nH]c(SCC(=O)N2CC[C@@H]3CCCC[C@@H]3C2)n1. The van der Waals surface area contributed by atoms with Gasteiger partial charge in [-0.15, -0.1) is 0 Å². The van der Waals surface area contributed by atoms with Crippen LogP contribution in [0, 0.1) is 11.8 Å². The number of carbonyl (C=O) groups excluding carboxylic acids is 1. The summed E-state index contributed by atoms with van der Waals surface area (Å²) in [6.45, 7) is 3.87. The summed E-state index contributed by atoms with van der Waals surface area (Å²) in [6.07, 6.45) is 8.19. The van der Waals surface area contributed by atoms with E-state index in [0.29, 0.717) is 16.8 Å². The first-order chi connectivity index (χ1) is 11.7. The number of nitrogens with zero attached hydrogens (tertiary/aromatic N) is 2. The third kappa shape index (κ3) is 4.41. The zero-order chi connectivity index (χ0) is 16.9. The molecule has 1 N–H and O–H groups in total. The van der Waals surface area contributed by atoms with Crippen LogP contribution in [0.1, 0.15) is 51.1 Å². The van der Waals surface area contributed by atoms with E-state index < -0.39 is 0 Å². The number of amides is 1. The molecule has 1 saturated carbocycles. The van der Waals surface area contributed by atoms with E-state index in [9.17, 15) is 9.59 Å². The van der Waals surface area contributed by atoms with Gasteiger partial charge in [-0.1, -0.05) is 44.4 Å². The number of H-pyrrole nitrogens is 1. The maximum atomic E-state index is 12.5. The Labute approximate surface area is 147 Å². The predicted molar refractivity (Wildman–Crippen MR) is 96.2 cm³/mol. The van der Waals surface area contributed by atoms with Crippen LogP contribution >= 0.6 is 11.8 Å². The Morgan fingerprint density at radius 3 is 2.92 bits per heavy atom. The number of carbonyl (C=O) groups is 1. The zero-order valence-corrected chi connectivity index (χ0v) is 15.2. The molecule has 6 heteroatoms. The summed E-state index contributed by atoms with van der Waals surface area (Å²) in [4.78, 5) is 33.4. The van der Waals surface area contributed by atoms with Gasteiger partial charge in [-0.3, -0.25) is 9.59 Å². The molecule has 3 rings (SSSR count). The van der Waals surface area contributed by atoms with E-state index in [1.807, 2.05) is 4.90 Å². The van der Waals surface area contributed by atoms with Crippen molar-refractivity contribution in [1.29, 1.82) is 0 Å². The minimum Gasteiger partial charge on any atom is -0.342 e. The number of rotatable bonds is 5. The fraction of sp³-hybridized carbons (Fsp3) is 0.722. The predicted octanol–water partition coefficient (Wildman–Crippen LogP) is 2.85. The lowest BCUT2D eigenvalue weighted by Gasteiger charge is -2.41. The number of nitrogens with one attached hydrogen (secondary N) is 1. The van der Waals surface area contributed by atoms with Crippen LogP contribution in [0.5, 0.6) is 0 Å². The number of aromatic nitrogens is 2. The number of fused-ring (bicyclic) bond motifs is 1. The smallest absolute Gasteiger partial charge is 0.251 e. The molecule has 1 amide bonds. The monoisotopic (exact) mass is 349 g/mol. The topological polar surface area (TPSA) is 66.1 Å². The number of likely N-dealkylation sites (tertiary alicyclic amines) is 1. The van der Waals surface area contributed by atoms with Crippen molar-refractivity contribution in [1.82, 2.24) is 14.9 Å². The van der Waals surface area contributed by atoms with Gasteiger partial charge < -0.3 is 9.88 Å². The Hall–Kier alpha value is -1.30. The minimum atomic E-state index is -0.133. The Kier molecular flexibility index (Phi) is 5.98. The summed E-state index contributed by atoms with van der Waals surface area (Å²) in [5, 5.41) is 0.562. The molecule has 0 unspecified atom stereocenters. The highest BCUT2D eigenvalue weighted by Crippen LogP contribution is 2.36. The van der Waals surface area contributed by atoms with E-state index >= 15 is 0 Å². The van der Waals surface area contributed by atoms with Crippen molar-refractivity contribution in [3.8, 4) is 0 Å². The van der Waals surface area contributed by atoms with Crippen LogP contribution in [0.3, 0.4) is 0 Å². The lowest BCUT2D eigenvalue weighted by atomic mass is 9.75. The van der Waals surface area contributed by atoms with Crippen molar-refractivity contribution in [3.63, 3.8) is 0 Å². The summed E-state index contributed by atoms with van der Waals surface area (Å²) >= 11 is 1.35. The van der Waals surface area contributed by atoms with Crippen LogP contribution in [-0.2, 0) is 11.2 Å². The second kappa shape index (κ2) is 8.19. The van der Waals surface area contributed by atoms with E-state index in [4.69, 9.17) is 0 Å². The molecule has 1 aliphatic heterocycles. The third-order valence-electron chi connectivity index (χ3n) is 5.26. The highest BCUT2D eigenvalue weighted by atomic mass is 32.2. The second-order valence-electron chi connectivity index (χ2n) is 7.01. The van der Waals surface area contributed by atoms with Crippen molar-refractivity contribution < 1.29 is 4.79 Å². The molecule has 0 radical (unpaired) electrons. The summed E-state index contributed by atoms with van der Waals surface area (Å²) < 4.78 is 0. The summed E-state index contributed by atoms with van der Waals surface area (Å²) in [6, 6.07) is 1.54. The molecule has 1 aliphatic carbocycles. The molecule has 132 valence electrons. The second-order valence-corrected chi connectivity index (χ2v) is 7.98. The van der Waals surface area contributed by atoms with Gasteiger partial charge in [0.05, 0.1) is 5.75 Å². The molecule has 24 heavy (non-hydrogen) atoms. The Morgan fingerprint density at radius 2 is 2.12 bits per heavy atom. The molecule has 2 atom stereocenters. The Balaban J connectivity index is 1.55. The number of piperidine rings is 1. The fourth-order valence-corrected chi connectivity index (χ4v) is 4.78. The van der Waals surface area contributed by atoms with Crippen LogP contribution in [0.25, 0.3) is 0 Å². The Bertz CT molecular complexity index is 631. The summed E-state index contributed by atoms with van der Waals surface area (Å²) in [5.74, 6) is 2.06. The van der Waals surface area contributed by atoms with Crippen LogP contribution in [0.2, 0.25) is 0 Å². The number of aromatic amines is 1. The molecule has 1 aromatic heterocycles. The van der Waals surface area contributed by atoms with Crippen LogP contribution in [-0.4, -0.2) is 39.6 Å². The highest BCUT2D eigenvalue weighted by Gasteiger charge is 2.32. The molecular formula is C18H27N3O2S. The lowest BCUT2D eigenvalue weighted by Crippen LogP contribution is -2.45. The summed E-state index contributed by atoms with van der Waals surface area (Å²) in [7, 11) is 0. The maximum Gasteiger partial charge on any atom is 0.251 e. The van der Waals surface area contributed by atoms with Crippen molar-refractivity contribution in [3.05, 3.63) is 22.1 Å². The molecule has 2 heterocycles. The van der Waals surface area contributed by atoms with E-state index in [1.165, 1.54) is 37.4 Å². The molecule has 0 aromatic carbocycles. The molecule has 1 saturated heterocycles. The molecule has 5 nitrogen and oxygen atoms in total. The van der Waals surface area contributed by atoms with E-state index in [1.54, 1.807) is 6.07 Å². The van der Waals surface area contributed by atoms with Gasteiger partial charge in [-0.25, -0.2) is 4.98 Å². The average Bonchev–Trinajstić information content (AvgIpc) is 2.59. The van der Waals surface area contributed by atoms with Gasteiger partial charge in [-0.2, -0.15) is 0 Å². The molecule has 2 aliphatic rings. The van der Waals surface area contributed by atoms with Gasteiger partial charge in [0.15, 0.2) is 5.16 Å². The van der Waals surface area contributed by atoms with Crippen molar-refractivity contribution in [2.45, 2.75) is 57.0 Å². The highest BCUT2D eigenvalue weighted by molar-refractivity contribution is 7.99. The average molecular weight is 350 g/mol. The molecule has 2 fully saturated rings. The quantitative estimate of drug-likeness (QED) is 0.656. The molecule has 0 spiro atoms. The van der Waals surface area contributed by atoms with E-state index in [-0.39, 0.29) is 11.5 Å². The number of hydrogen-bond acceptors (Lipinski definition) is 4. The first-order valence-electron chi connectivity index (χ1n) is 9.16. The first kappa shape index (κ1) is 17.5. The number of hydrogen-bond donors (Lipinski definition) is 1. The van der Waals surface area contributed by atoms with Gasteiger partial charge in [-0.05, 0) is 31.1 Å². The minimum absolute atomic E-state index is 0.133. The Morgan fingerprint density at radius 1 is 1.33 bits per heavy atom. The van der Waals surface area contributed by atoms with Crippen molar-refractivity contribution in [2.75, 3.05) is 18.8 Å². The normalized spacial score (nSPS) is 23.8. The van der Waals surface area contributed by atoms with Crippen LogP contribution < -0.4 is 5.56 Å². The van der Waals surface area contributed by atoms with Gasteiger partial charge >= 0.3 is 0 Å².